The molecule has 0 radical (unpaired) electrons. The van der Waals surface area contributed by atoms with Gasteiger partial charge < -0.3 is 8.97 Å². The summed E-state index contributed by atoms with van der Waals surface area (Å²) in [4.78, 5) is 4.78. The van der Waals surface area contributed by atoms with Gasteiger partial charge in [-0.25, -0.2) is 0 Å². The van der Waals surface area contributed by atoms with E-state index in [1.54, 1.807) is 0 Å². The number of fused-ring (bicyclic) bond motifs is 9. The molecule has 0 spiro atoms. The summed E-state index contributed by atoms with van der Waals surface area (Å²) in [5.74, 6) is 0. The van der Waals surface area contributed by atoms with Gasteiger partial charge in [-0.2, -0.15) is 0 Å². The van der Waals surface area contributed by atoms with E-state index in [0.717, 1.165) is 5.52 Å². The average Bonchev–Trinajstić information content (AvgIpc) is 3.52. The first-order valence-electron chi connectivity index (χ1n) is 10.9. The van der Waals surface area contributed by atoms with Crippen molar-refractivity contribution < 1.29 is 0 Å². The molecule has 4 heterocycles. The third-order valence-electron chi connectivity index (χ3n) is 6.89. The summed E-state index contributed by atoms with van der Waals surface area (Å²) in [6.07, 6.45) is 4.26. The van der Waals surface area contributed by atoms with Crippen molar-refractivity contribution in [3.05, 3.63) is 103 Å². The van der Waals surface area contributed by atoms with E-state index >= 15 is 0 Å². The van der Waals surface area contributed by atoms with Gasteiger partial charge in [0.1, 0.15) is 0 Å². The molecule has 0 aliphatic heterocycles. The fourth-order valence-electron chi connectivity index (χ4n) is 5.61. The lowest BCUT2D eigenvalue weighted by Crippen LogP contribution is -1.93. The molecule has 4 aromatic heterocycles. The highest BCUT2D eigenvalue weighted by molar-refractivity contribution is 6.29. The Hall–Kier alpha value is -4.37. The third kappa shape index (κ3) is 1.85. The van der Waals surface area contributed by atoms with Crippen LogP contribution in [0.1, 0.15) is 0 Å². The monoisotopic (exact) mass is 407 g/mol. The SMILES string of the molecule is c1ccc(-n2c3ccccc3c3cc4c5cnc6ccccc6c5n5ccc(c32)c45)cc1. The maximum Gasteiger partial charge on any atom is 0.0723 e. The lowest BCUT2D eigenvalue weighted by atomic mass is 10.1. The minimum atomic E-state index is 1.03. The Kier molecular flexibility index (Phi) is 2.89. The first-order chi connectivity index (χ1) is 15.9. The fraction of sp³-hybridized carbons (Fsp3) is 0. The van der Waals surface area contributed by atoms with Gasteiger partial charge in [0.2, 0.25) is 0 Å². The van der Waals surface area contributed by atoms with Crippen LogP contribution >= 0.6 is 0 Å². The van der Waals surface area contributed by atoms with E-state index in [9.17, 15) is 0 Å². The van der Waals surface area contributed by atoms with E-state index in [0.29, 0.717) is 0 Å². The zero-order valence-electron chi connectivity index (χ0n) is 17.2. The Morgan fingerprint density at radius 3 is 2.16 bits per heavy atom. The topological polar surface area (TPSA) is 22.2 Å². The third-order valence-corrected chi connectivity index (χ3v) is 6.89. The number of aromatic nitrogens is 3. The summed E-state index contributed by atoms with van der Waals surface area (Å²) in [6, 6.07) is 32.5. The minimum Gasteiger partial charge on any atom is -0.314 e. The zero-order chi connectivity index (χ0) is 20.8. The summed E-state index contributed by atoms with van der Waals surface area (Å²) in [5, 5.41) is 7.51. The maximum atomic E-state index is 4.78. The van der Waals surface area contributed by atoms with Gasteiger partial charge >= 0.3 is 0 Å². The van der Waals surface area contributed by atoms with E-state index in [-0.39, 0.29) is 0 Å². The molecule has 0 unspecified atom stereocenters. The molecule has 0 bridgehead atoms. The van der Waals surface area contributed by atoms with E-state index in [2.05, 4.69) is 106 Å². The molecule has 0 saturated carbocycles. The predicted octanol–water partition coefficient (Wildman–Crippen LogP) is 7.33. The first kappa shape index (κ1) is 16.3. The Morgan fingerprint density at radius 1 is 0.531 bits per heavy atom. The standard InChI is InChI=1S/C29H17N3/c1-2-8-18(9-3-1)32-26-13-7-5-10-19(26)22-16-23-24-17-30-25-12-6-4-11-20(25)27(24)31-15-14-21(28(23)31)29(22)32/h1-17H. The van der Waals surface area contributed by atoms with Gasteiger partial charge in [-0.3, -0.25) is 4.98 Å². The second-order valence-electron chi connectivity index (χ2n) is 8.49. The van der Waals surface area contributed by atoms with Crippen molar-refractivity contribution in [2.75, 3.05) is 0 Å². The molecule has 0 aliphatic rings. The van der Waals surface area contributed by atoms with Crippen molar-refractivity contribution in [2.24, 2.45) is 0 Å². The summed E-state index contributed by atoms with van der Waals surface area (Å²) < 4.78 is 4.77. The largest absolute Gasteiger partial charge is 0.314 e. The highest BCUT2D eigenvalue weighted by Gasteiger charge is 2.21. The lowest BCUT2D eigenvalue weighted by molar-refractivity contribution is 1.19. The van der Waals surface area contributed by atoms with Crippen LogP contribution in [0.5, 0.6) is 0 Å². The highest BCUT2D eigenvalue weighted by Crippen LogP contribution is 2.43. The van der Waals surface area contributed by atoms with Crippen molar-refractivity contribution >= 4 is 59.9 Å². The average molecular weight is 407 g/mol. The van der Waals surface area contributed by atoms with Crippen LogP contribution in [0.15, 0.2) is 103 Å². The Bertz CT molecular complexity index is 1970. The smallest absolute Gasteiger partial charge is 0.0723 e. The number of pyridine rings is 1. The number of para-hydroxylation sites is 3. The Labute approximate surface area is 183 Å². The molecule has 148 valence electrons. The second-order valence-corrected chi connectivity index (χ2v) is 8.49. The number of hydrogen-bond donors (Lipinski definition) is 0. The van der Waals surface area contributed by atoms with Crippen LogP contribution in [0.3, 0.4) is 0 Å². The van der Waals surface area contributed by atoms with Gasteiger partial charge in [0.05, 0.1) is 27.6 Å². The number of nitrogens with zero attached hydrogens (tertiary/aromatic N) is 3. The van der Waals surface area contributed by atoms with Crippen molar-refractivity contribution in [3.8, 4) is 5.69 Å². The highest BCUT2D eigenvalue weighted by atomic mass is 15.0. The van der Waals surface area contributed by atoms with Crippen LogP contribution in [0.2, 0.25) is 0 Å². The van der Waals surface area contributed by atoms with Gasteiger partial charge in [-0.15, -0.1) is 0 Å². The molecule has 0 aliphatic carbocycles. The Morgan fingerprint density at radius 2 is 1.25 bits per heavy atom. The maximum absolute atomic E-state index is 4.78. The van der Waals surface area contributed by atoms with Crippen LogP contribution < -0.4 is 0 Å². The normalized spacial score (nSPS) is 12.4. The van der Waals surface area contributed by atoms with E-state index in [1.165, 1.54) is 60.1 Å². The molecular formula is C29H17N3. The molecule has 3 heteroatoms. The van der Waals surface area contributed by atoms with Crippen LogP contribution in [-0.2, 0) is 0 Å². The van der Waals surface area contributed by atoms with Gasteiger partial charge in [-0.05, 0) is 36.4 Å². The quantitative estimate of drug-likeness (QED) is 0.279. The predicted molar refractivity (Wildman–Crippen MR) is 133 cm³/mol. The first-order valence-corrected chi connectivity index (χ1v) is 10.9. The summed E-state index contributed by atoms with van der Waals surface area (Å²) in [7, 11) is 0. The second kappa shape index (κ2) is 5.65. The van der Waals surface area contributed by atoms with Crippen molar-refractivity contribution in [1.29, 1.82) is 0 Å². The van der Waals surface area contributed by atoms with Gasteiger partial charge in [0, 0.05) is 50.4 Å². The lowest BCUT2D eigenvalue weighted by Gasteiger charge is -2.08. The number of hydrogen-bond acceptors (Lipinski definition) is 1. The molecule has 4 aromatic carbocycles. The molecule has 0 fully saturated rings. The zero-order valence-corrected chi connectivity index (χ0v) is 17.2. The molecule has 0 atom stereocenters. The van der Waals surface area contributed by atoms with Gasteiger partial charge in [0.15, 0.2) is 0 Å². The molecular weight excluding hydrogens is 390 g/mol. The molecule has 8 aromatic rings. The molecule has 32 heavy (non-hydrogen) atoms. The molecule has 0 amide bonds. The van der Waals surface area contributed by atoms with Crippen LogP contribution in [0.4, 0.5) is 0 Å². The molecule has 0 N–H and O–H groups in total. The van der Waals surface area contributed by atoms with Crippen LogP contribution in [0, 0.1) is 0 Å². The van der Waals surface area contributed by atoms with Crippen LogP contribution in [0.25, 0.3) is 65.6 Å². The summed E-state index contributed by atoms with van der Waals surface area (Å²) in [6.45, 7) is 0. The molecule has 3 nitrogen and oxygen atoms in total. The van der Waals surface area contributed by atoms with Gasteiger partial charge in [0.25, 0.3) is 0 Å². The summed E-state index contributed by atoms with van der Waals surface area (Å²) >= 11 is 0. The number of rotatable bonds is 1. The number of benzene rings is 4. The van der Waals surface area contributed by atoms with E-state index < -0.39 is 0 Å². The van der Waals surface area contributed by atoms with Crippen molar-refractivity contribution in [1.82, 2.24) is 14.0 Å². The fourth-order valence-corrected chi connectivity index (χ4v) is 5.61. The minimum absolute atomic E-state index is 1.03. The van der Waals surface area contributed by atoms with Crippen molar-refractivity contribution in [3.63, 3.8) is 0 Å². The summed E-state index contributed by atoms with van der Waals surface area (Å²) in [5.41, 5.74) is 7.22. The van der Waals surface area contributed by atoms with E-state index in [1.807, 2.05) is 6.20 Å². The molecule has 0 saturated heterocycles. The molecule has 8 rings (SSSR count). The van der Waals surface area contributed by atoms with Crippen LogP contribution in [-0.4, -0.2) is 14.0 Å². The van der Waals surface area contributed by atoms with Gasteiger partial charge in [-0.1, -0.05) is 54.6 Å². The Balaban J connectivity index is 1.68. The van der Waals surface area contributed by atoms with Crippen molar-refractivity contribution in [2.45, 2.75) is 0 Å². The van der Waals surface area contributed by atoms with E-state index in [4.69, 9.17) is 4.98 Å².